The zero-order valence-corrected chi connectivity index (χ0v) is 18.6. The predicted octanol–water partition coefficient (Wildman–Crippen LogP) is 4.04. The molecule has 0 bridgehead atoms. The number of nitrogens with one attached hydrogen (secondary N) is 1. The van der Waals surface area contributed by atoms with Gasteiger partial charge < -0.3 is 15.0 Å². The van der Waals surface area contributed by atoms with Crippen LogP contribution in [0, 0.1) is 6.92 Å². The van der Waals surface area contributed by atoms with Crippen molar-refractivity contribution in [1.82, 2.24) is 14.9 Å². The van der Waals surface area contributed by atoms with E-state index in [9.17, 15) is 14.7 Å². The fourth-order valence-corrected chi connectivity index (χ4v) is 3.92. The molecule has 0 aliphatic carbocycles. The zero-order valence-electron chi connectivity index (χ0n) is 17.7. The van der Waals surface area contributed by atoms with Crippen molar-refractivity contribution in [3.8, 4) is 11.1 Å². The minimum absolute atomic E-state index is 0.368. The zero-order chi connectivity index (χ0) is 22.2. The van der Waals surface area contributed by atoms with Crippen LogP contribution in [0.25, 0.3) is 11.1 Å². The molecule has 3 rings (SSSR count). The molecule has 1 heterocycles. The normalized spacial score (nSPS) is 11.8. The average Bonchev–Trinajstić information content (AvgIpc) is 3.29. The molecule has 2 N–H and O–H groups in total. The molecule has 0 fully saturated rings. The van der Waals surface area contributed by atoms with Crippen molar-refractivity contribution in [3.63, 3.8) is 0 Å². The fourth-order valence-electron chi connectivity index (χ4n) is 3.45. The maximum Gasteiger partial charge on any atom is 0.326 e. The first-order valence-corrected chi connectivity index (χ1v) is 11.6. The summed E-state index contributed by atoms with van der Waals surface area (Å²) in [7, 11) is 0. The summed E-state index contributed by atoms with van der Waals surface area (Å²) in [6.45, 7) is 2.79. The van der Waals surface area contributed by atoms with Crippen LogP contribution in [0.15, 0.2) is 61.2 Å². The predicted molar refractivity (Wildman–Crippen MR) is 124 cm³/mol. The smallest absolute Gasteiger partial charge is 0.326 e. The molecule has 0 saturated carbocycles. The third-order valence-electron chi connectivity index (χ3n) is 5.20. The monoisotopic (exact) mass is 437 g/mol. The molecule has 0 saturated heterocycles. The van der Waals surface area contributed by atoms with Gasteiger partial charge in [-0.1, -0.05) is 36.4 Å². The highest BCUT2D eigenvalue weighted by molar-refractivity contribution is 7.98. The maximum absolute atomic E-state index is 13.1. The number of rotatable bonds is 10. The van der Waals surface area contributed by atoms with Gasteiger partial charge in [0.2, 0.25) is 0 Å². The highest BCUT2D eigenvalue weighted by Crippen LogP contribution is 2.28. The summed E-state index contributed by atoms with van der Waals surface area (Å²) in [6.07, 6.45) is 8.55. The molecule has 2 aromatic carbocycles. The first kappa shape index (κ1) is 22.6. The number of aromatic nitrogens is 2. The quantitative estimate of drug-likeness (QED) is 0.500. The van der Waals surface area contributed by atoms with Gasteiger partial charge >= 0.3 is 5.97 Å². The second-order valence-electron chi connectivity index (χ2n) is 7.39. The van der Waals surface area contributed by atoms with E-state index >= 15 is 0 Å². The van der Waals surface area contributed by atoms with E-state index in [1.165, 1.54) is 0 Å². The van der Waals surface area contributed by atoms with E-state index < -0.39 is 12.0 Å². The van der Waals surface area contributed by atoms with Crippen LogP contribution in [0.3, 0.4) is 0 Å². The minimum Gasteiger partial charge on any atom is -0.480 e. The fraction of sp³-hybridized carbons (Fsp3) is 0.292. The summed E-state index contributed by atoms with van der Waals surface area (Å²) in [5, 5.41) is 12.2. The lowest BCUT2D eigenvalue weighted by Crippen LogP contribution is -2.41. The number of imidazole rings is 1. The van der Waals surface area contributed by atoms with Crippen LogP contribution in [0.1, 0.15) is 27.9 Å². The van der Waals surface area contributed by atoms with Gasteiger partial charge in [0.1, 0.15) is 6.04 Å². The molecule has 1 atom stereocenters. The van der Waals surface area contributed by atoms with Crippen LogP contribution in [0.4, 0.5) is 0 Å². The number of aliphatic carboxylic acids is 1. The standard InChI is InChI=1S/C24H27N3O3S/c1-17-5-3-4-6-19(17)21-15-18(9-12-27-13-11-25-16-27)7-8-20(21)23(28)26-22(24(29)30)10-14-31-2/h3-8,11,13,15-16,22H,9-10,12,14H2,1-2H3,(H,26,28)(H,29,30). The molecule has 6 nitrogen and oxygen atoms in total. The Morgan fingerprint density at radius 1 is 1.19 bits per heavy atom. The number of carboxylic acid groups (broad SMARTS) is 1. The lowest BCUT2D eigenvalue weighted by molar-refractivity contribution is -0.139. The van der Waals surface area contributed by atoms with Crippen molar-refractivity contribution in [3.05, 3.63) is 77.9 Å². The van der Waals surface area contributed by atoms with Gasteiger partial charge in [-0.2, -0.15) is 11.8 Å². The largest absolute Gasteiger partial charge is 0.480 e. The van der Waals surface area contributed by atoms with Gasteiger partial charge in [0.25, 0.3) is 5.91 Å². The van der Waals surface area contributed by atoms with Crippen LogP contribution >= 0.6 is 11.8 Å². The Balaban J connectivity index is 1.91. The van der Waals surface area contributed by atoms with Crippen LogP contribution in [0.5, 0.6) is 0 Å². The van der Waals surface area contributed by atoms with Crippen LogP contribution < -0.4 is 5.32 Å². The lowest BCUT2D eigenvalue weighted by Gasteiger charge is -2.17. The van der Waals surface area contributed by atoms with Crippen molar-refractivity contribution in [2.24, 2.45) is 0 Å². The summed E-state index contributed by atoms with van der Waals surface area (Å²) in [5.41, 5.74) is 4.41. The van der Waals surface area contributed by atoms with Crippen molar-refractivity contribution < 1.29 is 14.7 Å². The van der Waals surface area contributed by atoms with E-state index in [1.54, 1.807) is 30.4 Å². The molecule has 162 valence electrons. The molecular weight excluding hydrogens is 410 g/mol. The van der Waals surface area contributed by atoms with Gasteiger partial charge in [0.15, 0.2) is 0 Å². The molecule has 1 aromatic heterocycles. The Morgan fingerprint density at radius 2 is 2.00 bits per heavy atom. The molecule has 3 aromatic rings. The third kappa shape index (κ3) is 5.98. The highest BCUT2D eigenvalue weighted by Gasteiger charge is 2.22. The molecular formula is C24H27N3O3S. The molecule has 1 unspecified atom stereocenters. The van der Waals surface area contributed by atoms with Crippen LogP contribution in [0.2, 0.25) is 0 Å². The highest BCUT2D eigenvalue weighted by atomic mass is 32.2. The number of nitrogens with zero attached hydrogens (tertiary/aromatic N) is 2. The Kier molecular flexibility index (Phi) is 7.89. The van der Waals surface area contributed by atoms with E-state index in [-0.39, 0.29) is 5.91 Å². The molecule has 0 aliphatic rings. The SMILES string of the molecule is CSCCC(NC(=O)c1ccc(CCn2ccnc2)cc1-c1ccccc1C)C(=O)O. The first-order chi connectivity index (χ1) is 15.0. The van der Waals surface area contributed by atoms with E-state index in [2.05, 4.69) is 10.3 Å². The maximum atomic E-state index is 13.1. The molecule has 0 spiro atoms. The van der Waals surface area contributed by atoms with Gasteiger partial charge in [-0.05, 0) is 60.1 Å². The van der Waals surface area contributed by atoms with Gasteiger partial charge in [0, 0.05) is 24.5 Å². The lowest BCUT2D eigenvalue weighted by atomic mass is 9.93. The Bertz CT molecular complexity index is 1030. The number of amides is 1. The van der Waals surface area contributed by atoms with Gasteiger partial charge in [-0.3, -0.25) is 4.79 Å². The molecule has 7 heteroatoms. The summed E-state index contributed by atoms with van der Waals surface area (Å²) >= 11 is 1.56. The number of carbonyl (C=O) groups is 2. The summed E-state index contributed by atoms with van der Waals surface area (Å²) in [5.74, 6) is -0.723. The van der Waals surface area contributed by atoms with Crippen LogP contribution in [-0.2, 0) is 17.8 Å². The number of benzene rings is 2. The Labute approximate surface area is 186 Å². The van der Waals surface area contributed by atoms with E-state index in [4.69, 9.17) is 0 Å². The number of hydrogen-bond donors (Lipinski definition) is 2. The average molecular weight is 438 g/mol. The molecule has 0 aliphatic heterocycles. The summed E-state index contributed by atoms with van der Waals surface area (Å²) in [4.78, 5) is 28.8. The van der Waals surface area contributed by atoms with Crippen molar-refractivity contribution in [1.29, 1.82) is 0 Å². The summed E-state index contributed by atoms with van der Waals surface area (Å²) < 4.78 is 2.01. The number of thioether (sulfide) groups is 1. The molecule has 1 amide bonds. The van der Waals surface area contributed by atoms with Crippen molar-refractivity contribution in [2.75, 3.05) is 12.0 Å². The van der Waals surface area contributed by atoms with E-state index in [1.807, 2.05) is 60.3 Å². The number of aryl methyl sites for hydroxylation is 3. The first-order valence-electron chi connectivity index (χ1n) is 10.2. The van der Waals surface area contributed by atoms with Crippen molar-refractivity contribution >= 4 is 23.6 Å². The minimum atomic E-state index is -1.02. The Hall–Kier alpha value is -3.06. The molecule has 31 heavy (non-hydrogen) atoms. The number of hydrogen-bond acceptors (Lipinski definition) is 4. The second-order valence-corrected chi connectivity index (χ2v) is 8.38. The molecule has 0 radical (unpaired) electrons. The Morgan fingerprint density at radius 3 is 2.68 bits per heavy atom. The third-order valence-corrected chi connectivity index (χ3v) is 5.84. The van der Waals surface area contributed by atoms with E-state index in [0.717, 1.165) is 35.2 Å². The summed E-state index contributed by atoms with van der Waals surface area (Å²) in [6, 6.07) is 12.8. The van der Waals surface area contributed by atoms with Crippen LogP contribution in [-0.4, -0.2) is 44.6 Å². The number of carboxylic acids is 1. The topological polar surface area (TPSA) is 84.2 Å². The van der Waals surface area contributed by atoms with Gasteiger partial charge in [-0.15, -0.1) is 0 Å². The van der Waals surface area contributed by atoms with Crippen molar-refractivity contribution in [2.45, 2.75) is 32.4 Å². The number of carbonyl (C=O) groups excluding carboxylic acids is 1. The van der Waals surface area contributed by atoms with Gasteiger partial charge in [0.05, 0.1) is 6.33 Å². The second kappa shape index (κ2) is 10.8. The van der Waals surface area contributed by atoms with Gasteiger partial charge in [-0.25, -0.2) is 9.78 Å². The van der Waals surface area contributed by atoms with E-state index in [0.29, 0.717) is 17.7 Å².